The van der Waals surface area contributed by atoms with E-state index in [9.17, 15) is 0 Å². The second-order valence-corrected chi connectivity index (χ2v) is 8.35. The molecule has 0 aromatic heterocycles. The van der Waals surface area contributed by atoms with E-state index < -0.39 is 20.5 Å². The molecule has 146 valence electrons. The summed E-state index contributed by atoms with van der Waals surface area (Å²) in [5.41, 5.74) is 0.990. The van der Waals surface area contributed by atoms with Gasteiger partial charge in [0.1, 0.15) is 20.1 Å². The molecule has 1 aliphatic rings. The van der Waals surface area contributed by atoms with Crippen LogP contribution in [-0.4, -0.2) is 64.2 Å². The number of allylic oxidation sites excluding steroid dienone is 1. The van der Waals surface area contributed by atoms with Crippen LogP contribution in [-0.2, 0) is 23.3 Å². The molecule has 6 nitrogen and oxygen atoms in total. The molecule has 0 aromatic carbocycles. The third-order valence-corrected chi connectivity index (χ3v) is 6.19. The van der Waals surface area contributed by atoms with Crippen molar-refractivity contribution < 1.29 is 23.3 Å². The first kappa shape index (κ1) is 23.6. The van der Waals surface area contributed by atoms with Gasteiger partial charge in [0.2, 0.25) is 0 Å². The van der Waals surface area contributed by atoms with Crippen molar-refractivity contribution in [3.8, 4) is 6.07 Å². The Kier molecular flexibility index (Phi) is 10.9. The summed E-state index contributed by atoms with van der Waals surface area (Å²) in [6.07, 6.45) is 0.00149. The quantitative estimate of drug-likeness (QED) is 0.223. The van der Waals surface area contributed by atoms with E-state index in [0.29, 0.717) is 19.6 Å². The highest BCUT2D eigenvalue weighted by molar-refractivity contribution is 7.48. The Balaban J connectivity index is 2.90. The summed E-state index contributed by atoms with van der Waals surface area (Å²) in [4.78, 5) is 0. The average molecular weight is 383 g/mol. The van der Waals surface area contributed by atoms with Crippen molar-refractivity contribution >= 4 is 16.2 Å². The monoisotopic (exact) mass is 383 g/mol. The standard InChI is InChI=1S/C18H31BNO5P/c1-7-15-16(17(18(19)24-15)23-13(4)11-21-6)25-26(14(5)12(2)3)22-10-8-9-20/h13-18H,2,7-8,10-11H2,1,3-6H3. The van der Waals surface area contributed by atoms with Gasteiger partial charge in [-0.05, 0) is 20.3 Å². The van der Waals surface area contributed by atoms with Crippen LogP contribution < -0.4 is 0 Å². The molecule has 1 saturated heterocycles. The van der Waals surface area contributed by atoms with Crippen LogP contribution in [0.25, 0.3) is 0 Å². The number of nitriles is 1. The van der Waals surface area contributed by atoms with Crippen molar-refractivity contribution in [2.75, 3.05) is 20.3 Å². The summed E-state index contributed by atoms with van der Waals surface area (Å²) in [7, 11) is 6.49. The lowest BCUT2D eigenvalue weighted by atomic mass is 9.92. The van der Waals surface area contributed by atoms with Gasteiger partial charge in [-0.25, -0.2) is 0 Å². The number of hydrogen-bond acceptors (Lipinski definition) is 6. The van der Waals surface area contributed by atoms with E-state index in [1.807, 2.05) is 27.7 Å². The minimum atomic E-state index is -1.29. The summed E-state index contributed by atoms with van der Waals surface area (Å²) in [6, 6.07) is 1.52. The van der Waals surface area contributed by atoms with Gasteiger partial charge in [-0.2, -0.15) is 5.26 Å². The molecule has 26 heavy (non-hydrogen) atoms. The highest BCUT2D eigenvalue weighted by Gasteiger charge is 2.45. The van der Waals surface area contributed by atoms with Crippen LogP contribution in [0.5, 0.6) is 0 Å². The topological polar surface area (TPSA) is 69.9 Å². The Labute approximate surface area is 160 Å². The normalized spacial score (nSPS) is 29.1. The fraction of sp³-hybridized carbons (Fsp3) is 0.833. The van der Waals surface area contributed by atoms with Crippen molar-refractivity contribution in [1.82, 2.24) is 0 Å². The van der Waals surface area contributed by atoms with E-state index in [-0.39, 0.29) is 24.0 Å². The number of nitrogens with zero attached hydrogens (tertiary/aromatic N) is 1. The molecule has 0 aromatic rings. The third-order valence-electron chi connectivity index (χ3n) is 4.23. The zero-order chi connectivity index (χ0) is 19.7. The summed E-state index contributed by atoms with van der Waals surface area (Å²) in [6.45, 7) is 12.7. The molecule has 7 unspecified atom stereocenters. The molecule has 0 spiro atoms. The first-order valence-corrected chi connectivity index (χ1v) is 10.3. The van der Waals surface area contributed by atoms with Gasteiger partial charge < -0.3 is 23.3 Å². The van der Waals surface area contributed by atoms with Crippen molar-refractivity contribution in [2.24, 2.45) is 0 Å². The Bertz CT molecular complexity index is 475. The Morgan fingerprint density at radius 1 is 1.38 bits per heavy atom. The lowest BCUT2D eigenvalue weighted by Crippen LogP contribution is -2.40. The van der Waals surface area contributed by atoms with E-state index in [2.05, 4.69) is 12.6 Å². The fourth-order valence-corrected chi connectivity index (χ4v) is 4.22. The Morgan fingerprint density at radius 3 is 2.62 bits per heavy atom. The van der Waals surface area contributed by atoms with Gasteiger partial charge in [0.05, 0.1) is 37.9 Å². The first-order chi connectivity index (χ1) is 12.3. The fourth-order valence-electron chi connectivity index (χ4n) is 2.62. The van der Waals surface area contributed by atoms with Crippen LogP contribution in [0.1, 0.15) is 40.5 Å². The zero-order valence-corrected chi connectivity index (χ0v) is 17.4. The smallest absolute Gasteiger partial charge is 0.178 e. The van der Waals surface area contributed by atoms with E-state index in [4.69, 9.17) is 36.4 Å². The van der Waals surface area contributed by atoms with Gasteiger partial charge in [-0.1, -0.05) is 26.0 Å². The predicted molar refractivity (Wildman–Crippen MR) is 103 cm³/mol. The number of ether oxygens (including phenoxy) is 3. The lowest BCUT2D eigenvalue weighted by molar-refractivity contribution is -0.0740. The highest BCUT2D eigenvalue weighted by atomic mass is 31.2. The maximum Gasteiger partial charge on any atom is 0.178 e. The number of hydrogen-bond donors (Lipinski definition) is 0. The van der Waals surface area contributed by atoms with Gasteiger partial charge in [-0.15, -0.1) is 0 Å². The predicted octanol–water partition coefficient (Wildman–Crippen LogP) is 3.30. The summed E-state index contributed by atoms with van der Waals surface area (Å²) < 4.78 is 29.3. The molecule has 1 rings (SSSR count). The molecule has 0 amide bonds. The maximum atomic E-state index is 8.77. The maximum absolute atomic E-state index is 8.77. The zero-order valence-electron chi connectivity index (χ0n) is 16.5. The van der Waals surface area contributed by atoms with Crippen molar-refractivity contribution in [2.45, 2.75) is 76.6 Å². The molecular formula is C18H31BNO5P. The van der Waals surface area contributed by atoms with Gasteiger partial charge in [0.15, 0.2) is 8.38 Å². The lowest BCUT2D eigenvalue weighted by Gasteiger charge is -2.32. The van der Waals surface area contributed by atoms with Crippen LogP contribution in [0.15, 0.2) is 12.2 Å². The molecule has 1 heterocycles. The summed E-state index contributed by atoms with van der Waals surface area (Å²) >= 11 is 0. The Morgan fingerprint density at radius 2 is 2.08 bits per heavy atom. The summed E-state index contributed by atoms with van der Waals surface area (Å²) in [5.74, 6) is 0. The van der Waals surface area contributed by atoms with Crippen molar-refractivity contribution in [3.63, 3.8) is 0 Å². The van der Waals surface area contributed by atoms with Crippen LogP contribution in [0.4, 0.5) is 0 Å². The Hall–Kier alpha value is -0.475. The van der Waals surface area contributed by atoms with Crippen molar-refractivity contribution in [1.29, 1.82) is 5.26 Å². The second-order valence-electron chi connectivity index (χ2n) is 6.53. The van der Waals surface area contributed by atoms with Gasteiger partial charge in [-0.3, -0.25) is 0 Å². The molecule has 2 radical (unpaired) electrons. The van der Waals surface area contributed by atoms with E-state index >= 15 is 0 Å². The van der Waals surface area contributed by atoms with Crippen LogP contribution >= 0.6 is 8.38 Å². The molecule has 0 bridgehead atoms. The molecule has 7 atom stereocenters. The SMILES string of the molecule is [B]C1OC(CC)C(OP(OCCC#N)C(C)C(=C)C)C1OC(C)COC. The van der Waals surface area contributed by atoms with Gasteiger partial charge in [0.25, 0.3) is 0 Å². The number of methoxy groups -OCH3 is 1. The number of rotatable bonds is 12. The highest BCUT2D eigenvalue weighted by Crippen LogP contribution is 2.50. The van der Waals surface area contributed by atoms with E-state index in [1.54, 1.807) is 7.11 Å². The molecular weight excluding hydrogens is 352 g/mol. The minimum Gasteiger partial charge on any atom is -0.382 e. The molecule has 0 saturated carbocycles. The minimum absolute atomic E-state index is 0.0232. The molecule has 0 aliphatic carbocycles. The van der Waals surface area contributed by atoms with Crippen LogP contribution in [0.2, 0.25) is 0 Å². The molecule has 1 aliphatic heterocycles. The largest absolute Gasteiger partial charge is 0.382 e. The summed E-state index contributed by atoms with van der Waals surface area (Å²) in [5, 5.41) is 8.77. The second kappa shape index (κ2) is 12.1. The van der Waals surface area contributed by atoms with Crippen LogP contribution in [0, 0.1) is 11.3 Å². The first-order valence-electron chi connectivity index (χ1n) is 9.02. The van der Waals surface area contributed by atoms with Crippen molar-refractivity contribution in [3.05, 3.63) is 12.2 Å². The molecule has 8 heteroatoms. The van der Waals surface area contributed by atoms with Gasteiger partial charge >= 0.3 is 0 Å². The molecule has 0 N–H and O–H groups in total. The van der Waals surface area contributed by atoms with E-state index in [0.717, 1.165) is 12.0 Å². The average Bonchev–Trinajstić information content (AvgIpc) is 2.89. The van der Waals surface area contributed by atoms with E-state index in [1.165, 1.54) is 0 Å². The van der Waals surface area contributed by atoms with Crippen LogP contribution in [0.3, 0.4) is 0 Å². The molecule has 1 fully saturated rings. The third kappa shape index (κ3) is 6.92. The van der Waals surface area contributed by atoms with Gasteiger partial charge in [0, 0.05) is 18.8 Å².